The number of pyridine rings is 1. The highest BCUT2D eigenvalue weighted by Crippen LogP contribution is 2.22. The molecule has 0 aliphatic carbocycles. The largest absolute Gasteiger partial charge is 0.311 e. The fourth-order valence-corrected chi connectivity index (χ4v) is 3.40. The van der Waals surface area contributed by atoms with Gasteiger partial charge < -0.3 is 5.32 Å². The number of fused-ring (bicyclic) bond motifs is 1. The van der Waals surface area contributed by atoms with Gasteiger partial charge in [-0.25, -0.2) is 0 Å². The first kappa shape index (κ1) is 14.0. The molecule has 1 aromatic heterocycles. The highest BCUT2D eigenvalue weighted by molar-refractivity contribution is 5.11. The summed E-state index contributed by atoms with van der Waals surface area (Å²) < 4.78 is 0. The van der Waals surface area contributed by atoms with Crippen LogP contribution in [0.5, 0.6) is 0 Å². The number of nitrogens with one attached hydrogen (secondary N) is 1. The molecule has 110 valence electrons. The minimum absolute atomic E-state index is 0.800. The molecule has 2 saturated heterocycles. The van der Waals surface area contributed by atoms with Crippen LogP contribution in [0.1, 0.15) is 31.2 Å². The average molecular weight is 274 g/mol. The van der Waals surface area contributed by atoms with Gasteiger partial charge in [0.2, 0.25) is 0 Å². The molecule has 0 radical (unpaired) electrons. The number of rotatable bonds is 5. The van der Waals surface area contributed by atoms with Crippen molar-refractivity contribution < 1.29 is 0 Å². The van der Waals surface area contributed by atoms with Gasteiger partial charge in [-0.05, 0) is 38.1 Å². The lowest BCUT2D eigenvalue weighted by Crippen LogP contribution is -2.49. The molecule has 2 aliphatic heterocycles. The van der Waals surface area contributed by atoms with E-state index in [1.54, 1.807) is 0 Å². The molecular weight excluding hydrogens is 248 g/mol. The zero-order valence-corrected chi connectivity index (χ0v) is 12.5. The number of nitrogens with zero attached hydrogens (tertiary/aromatic N) is 3. The average Bonchev–Trinajstić information content (AvgIpc) is 2.93. The second-order valence-corrected chi connectivity index (χ2v) is 5.97. The van der Waals surface area contributed by atoms with E-state index in [4.69, 9.17) is 4.98 Å². The Kier molecular flexibility index (Phi) is 4.65. The first-order chi connectivity index (χ1) is 9.85. The highest BCUT2D eigenvalue weighted by Gasteiger charge is 2.30. The van der Waals surface area contributed by atoms with Gasteiger partial charge in [-0.1, -0.05) is 13.0 Å². The maximum Gasteiger partial charge on any atom is 0.0547 e. The molecule has 0 saturated carbocycles. The molecule has 4 heteroatoms. The second kappa shape index (κ2) is 6.66. The van der Waals surface area contributed by atoms with Gasteiger partial charge in [0.25, 0.3) is 0 Å². The topological polar surface area (TPSA) is 31.4 Å². The quantitative estimate of drug-likeness (QED) is 0.881. The number of piperazine rings is 1. The first-order valence-corrected chi connectivity index (χ1v) is 7.97. The summed E-state index contributed by atoms with van der Waals surface area (Å²) in [6.45, 7) is 9.97. The molecule has 4 nitrogen and oxygen atoms in total. The third-order valence-electron chi connectivity index (χ3n) is 4.48. The summed E-state index contributed by atoms with van der Waals surface area (Å²) in [5, 5.41) is 3.34. The van der Waals surface area contributed by atoms with Crippen LogP contribution in [-0.2, 0) is 13.1 Å². The Hall–Kier alpha value is -0.970. The van der Waals surface area contributed by atoms with Crippen LogP contribution in [0.4, 0.5) is 0 Å². The van der Waals surface area contributed by atoms with Crippen molar-refractivity contribution in [1.82, 2.24) is 20.1 Å². The summed E-state index contributed by atoms with van der Waals surface area (Å²) in [4.78, 5) is 10.0. The predicted octanol–water partition coefficient (Wildman–Crippen LogP) is 1.47. The molecular formula is C16H26N4. The molecule has 1 N–H and O–H groups in total. The second-order valence-electron chi connectivity index (χ2n) is 5.97. The van der Waals surface area contributed by atoms with Crippen molar-refractivity contribution in [2.24, 2.45) is 0 Å². The van der Waals surface area contributed by atoms with Gasteiger partial charge in [0, 0.05) is 38.8 Å². The van der Waals surface area contributed by atoms with E-state index < -0.39 is 0 Å². The van der Waals surface area contributed by atoms with Crippen LogP contribution in [0, 0.1) is 0 Å². The van der Waals surface area contributed by atoms with Crippen LogP contribution in [0.15, 0.2) is 18.2 Å². The zero-order valence-electron chi connectivity index (χ0n) is 12.5. The standard InChI is InChI=1S/C16H26N4/c1-2-17-11-14-5-3-6-15(18-14)12-19-9-10-20-8-4-7-16(20)13-19/h3,5-6,16-17H,2,4,7-13H2,1H3. The van der Waals surface area contributed by atoms with E-state index in [1.165, 1.54) is 44.7 Å². The first-order valence-electron chi connectivity index (χ1n) is 7.97. The van der Waals surface area contributed by atoms with Crippen molar-refractivity contribution in [2.75, 3.05) is 32.7 Å². The Labute approximate surface area is 122 Å². The van der Waals surface area contributed by atoms with Crippen molar-refractivity contribution in [3.63, 3.8) is 0 Å². The maximum absolute atomic E-state index is 4.77. The Bertz CT molecular complexity index is 434. The maximum atomic E-state index is 4.77. The molecule has 2 fully saturated rings. The van der Waals surface area contributed by atoms with Gasteiger partial charge in [-0.15, -0.1) is 0 Å². The third-order valence-corrected chi connectivity index (χ3v) is 4.48. The van der Waals surface area contributed by atoms with E-state index >= 15 is 0 Å². The fraction of sp³-hybridized carbons (Fsp3) is 0.688. The third kappa shape index (κ3) is 3.37. The van der Waals surface area contributed by atoms with E-state index in [0.29, 0.717) is 0 Å². The number of hydrogen-bond donors (Lipinski definition) is 1. The Balaban J connectivity index is 1.57. The van der Waals surface area contributed by atoms with Crippen molar-refractivity contribution in [2.45, 2.75) is 38.9 Å². The minimum atomic E-state index is 0.800. The summed E-state index contributed by atoms with van der Waals surface area (Å²) in [7, 11) is 0. The molecule has 1 unspecified atom stereocenters. The predicted molar refractivity (Wildman–Crippen MR) is 81.5 cm³/mol. The van der Waals surface area contributed by atoms with Crippen LogP contribution < -0.4 is 5.32 Å². The van der Waals surface area contributed by atoms with Crippen LogP contribution in [-0.4, -0.2) is 53.5 Å². The van der Waals surface area contributed by atoms with E-state index in [-0.39, 0.29) is 0 Å². The Morgan fingerprint density at radius 1 is 1.25 bits per heavy atom. The lowest BCUT2D eigenvalue weighted by Gasteiger charge is -2.37. The van der Waals surface area contributed by atoms with E-state index in [1.807, 2.05) is 0 Å². The number of aromatic nitrogens is 1. The van der Waals surface area contributed by atoms with Crippen molar-refractivity contribution in [3.05, 3.63) is 29.6 Å². The van der Waals surface area contributed by atoms with Crippen molar-refractivity contribution >= 4 is 0 Å². The molecule has 3 rings (SSSR count). The van der Waals surface area contributed by atoms with Gasteiger partial charge in [0.05, 0.1) is 11.4 Å². The minimum Gasteiger partial charge on any atom is -0.311 e. The summed E-state index contributed by atoms with van der Waals surface area (Å²) in [6, 6.07) is 7.21. The monoisotopic (exact) mass is 274 g/mol. The zero-order chi connectivity index (χ0) is 13.8. The Morgan fingerprint density at radius 3 is 3.05 bits per heavy atom. The fourth-order valence-electron chi connectivity index (χ4n) is 3.40. The van der Waals surface area contributed by atoms with Crippen molar-refractivity contribution in [3.8, 4) is 0 Å². The molecule has 1 aromatic rings. The lowest BCUT2D eigenvalue weighted by atomic mass is 10.1. The van der Waals surface area contributed by atoms with Gasteiger partial charge in [0.1, 0.15) is 0 Å². The van der Waals surface area contributed by atoms with Gasteiger partial charge >= 0.3 is 0 Å². The molecule has 2 aliphatic rings. The normalized spacial score (nSPS) is 23.9. The molecule has 20 heavy (non-hydrogen) atoms. The number of hydrogen-bond acceptors (Lipinski definition) is 4. The van der Waals surface area contributed by atoms with Crippen LogP contribution >= 0.6 is 0 Å². The van der Waals surface area contributed by atoms with Crippen molar-refractivity contribution in [1.29, 1.82) is 0 Å². The van der Waals surface area contributed by atoms with E-state index in [0.717, 1.165) is 31.4 Å². The smallest absolute Gasteiger partial charge is 0.0547 e. The summed E-state index contributed by atoms with van der Waals surface area (Å²) in [6.07, 6.45) is 2.76. The molecule has 3 heterocycles. The van der Waals surface area contributed by atoms with Crippen LogP contribution in [0.2, 0.25) is 0 Å². The van der Waals surface area contributed by atoms with Gasteiger partial charge in [-0.2, -0.15) is 0 Å². The molecule has 0 bridgehead atoms. The van der Waals surface area contributed by atoms with Gasteiger partial charge in [-0.3, -0.25) is 14.8 Å². The lowest BCUT2D eigenvalue weighted by molar-refractivity contribution is 0.0984. The van der Waals surface area contributed by atoms with Crippen LogP contribution in [0.3, 0.4) is 0 Å². The molecule has 1 atom stereocenters. The highest BCUT2D eigenvalue weighted by atomic mass is 15.3. The summed E-state index contributed by atoms with van der Waals surface area (Å²) in [5.41, 5.74) is 2.37. The van der Waals surface area contributed by atoms with Gasteiger partial charge in [0.15, 0.2) is 0 Å². The molecule has 0 spiro atoms. The summed E-state index contributed by atoms with van der Waals surface area (Å²) in [5.74, 6) is 0. The summed E-state index contributed by atoms with van der Waals surface area (Å²) >= 11 is 0. The SMILES string of the molecule is CCNCc1cccc(CN2CCN3CCCC3C2)n1. The Morgan fingerprint density at radius 2 is 2.15 bits per heavy atom. The van der Waals surface area contributed by atoms with E-state index in [9.17, 15) is 0 Å². The van der Waals surface area contributed by atoms with E-state index in [2.05, 4.69) is 40.2 Å². The molecule has 0 amide bonds. The molecule has 0 aromatic carbocycles. The van der Waals surface area contributed by atoms with Crippen LogP contribution in [0.25, 0.3) is 0 Å².